The minimum absolute atomic E-state index is 0.204. The summed E-state index contributed by atoms with van der Waals surface area (Å²) >= 11 is 4.77. The third-order valence-corrected chi connectivity index (χ3v) is 5.83. The van der Waals surface area contributed by atoms with Crippen LogP contribution in [0.3, 0.4) is 0 Å². The Labute approximate surface area is 119 Å². The zero-order valence-electron chi connectivity index (χ0n) is 10.4. The summed E-state index contributed by atoms with van der Waals surface area (Å²) in [7, 11) is -0.204. The first kappa shape index (κ1) is 13.8. The molecule has 2 rings (SSSR count). The molecule has 0 bridgehead atoms. The van der Waals surface area contributed by atoms with Crippen molar-refractivity contribution in [2.45, 2.75) is 18.2 Å². The van der Waals surface area contributed by atoms with Crippen LogP contribution >= 0.6 is 7.92 Å². The van der Waals surface area contributed by atoms with Gasteiger partial charge in [0.1, 0.15) is 0 Å². The van der Waals surface area contributed by atoms with Crippen LogP contribution in [0.2, 0.25) is 5.39 Å². The molecule has 0 amide bonds. The Morgan fingerprint density at radius 1 is 0.722 bits per heavy atom. The quantitative estimate of drug-likeness (QED) is 0.432. The van der Waals surface area contributed by atoms with Crippen LogP contribution in [-0.2, 0) is 15.5 Å². The van der Waals surface area contributed by atoms with Gasteiger partial charge >= 0.3 is 119 Å². The maximum absolute atomic E-state index is 4.77. The second-order valence-corrected chi connectivity index (χ2v) is 7.02. The summed E-state index contributed by atoms with van der Waals surface area (Å²) in [6.45, 7) is 0. The van der Waals surface area contributed by atoms with Gasteiger partial charge in [-0.1, -0.05) is 0 Å². The molecule has 0 heterocycles. The van der Waals surface area contributed by atoms with Crippen LogP contribution in [0, 0.1) is 0 Å². The monoisotopic (exact) mass is 299 g/mol. The van der Waals surface area contributed by atoms with Gasteiger partial charge in [0.15, 0.2) is 0 Å². The number of unbranched alkanes of at least 4 members (excludes halogenated alkanes) is 1. The molecule has 0 saturated carbocycles. The first-order chi connectivity index (χ1) is 8.92. The Hall–Kier alpha value is -0.636. The van der Waals surface area contributed by atoms with Gasteiger partial charge in [-0.15, -0.1) is 0 Å². The van der Waals surface area contributed by atoms with Gasteiger partial charge in [0, 0.05) is 0 Å². The number of hydrogen-bond acceptors (Lipinski definition) is 0. The van der Waals surface area contributed by atoms with Gasteiger partial charge in [-0.2, -0.15) is 0 Å². The van der Waals surface area contributed by atoms with Crippen molar-refractivity contribution in [3.63, 3.8) is 0 Å². The summed E-state index contributed by atoms with van der Waals surface area (Å²) in [6.07, 6.45) is 3.68. The van der Waals surface area contributed by atoms with E-state index in [2.05, 4.69) is 60.7 Å². The second kappa shape index (κ2) is 7.72. The molecule has 0 aliphatic carbocycles. The van der Waals surface area contributed by atoms with E-state index >= 15 is 0 Å². The maximum atomic E-state index is 4.77. The average molecular weight is 300 g/mol. The van der Waals surface area contributed by atoms with Crippen molar-refractivity contribution in [1.29, 1.82) is 0 Å². The van der Waals surface area contributed by atoms with Crippen LogP contribution in [0.15, 0.2) is 60.7 Å². The van der Waals surface area contributed by atoms with E-state index in [0.29, 0.717) is 0 Å². The fourth-order valence-corrected chi connectivity index (χ4v) is 4.64. The van der Waals surface area contributed by atoms with E-state index < -0.39 is 0 Å². The minimum atomic E-state index is -0.204. The van der Waals surface area contributed by atoms with Gasteiger partial charge in [-0.3, -0.25) is 0 Å². The molecular formula is C16H18NiP. The van der Waals surface area contributed by atoms with E-state index in [4.69, 9.17) is 15.5 Å². The summed E-state index contributed by atoms with van der Waals surface area (Å²) in [4.78, 5) is 0. The molecule has 0 aromatic heterocycles. The molecule has 2 aromatic carbocycles. The van der Waals surface area contributed by atoms with Crippen LogP contribution < -0.4 is 10.6 Å². The Morgan fingerprint density at radius 2 is 1.22 bits per heavy atom. The third kappa shape index (κ3) is 3.94. The van der Waals surface area contributed by atoms with Crippen LogP contribution in [0.5, 0.6) is 0 Å². The van der Waals surface area contributed by atoms with E-state index in [1.165, 1.54) is 29.6 Å². The van der Waals surface area contributed by atoms with Gasteiger partial charge < -0.3 is 0 Å². The van der Waals surface area contributed by atoms with E-state index in [1.54, 1.807) is 0 Å². The van der Waals surface area contributed by atoms with Crippen molar-refractivity contribution in [1.82, 2.24) is 0 Å². The molecule has 0 saturated heterocycles. The van der Waals surface area contributed by atoms with Crippen molar-refractivity contribution >= 4 is 18.5 Å². The molecule has 0 spiro atoms. The van der Waals surface area contributed by atoms with Crippen molar-refractivity contribution in [3.05, 3.63) is 60.7 Å². The molecule has 0 fully saturated rings. The fraction of sp³-hybridized carbons (Fsp3) is 0.250. The van der Waals surface area contributed by atoms with E-state index in [9.17, 15) is 0 Å². The number of hydrogen-bond donors (Lipinski definition) is 0. The molecule has 18 heavy (non-hydrogen) atoms. The van der Waals surface area contributed by atoms with Gasteiger partial charge in [0.25, 0.3) is 0 Å². The van der Waals surface area contributed by atoms with Gasteiger partial charge in [-0.05, 0) is 0 Å². The normalized spacial score (nSPS) is 10.8. The SMILES string of the molecule is [Ni][CH2]CCCP(c1ccccc1)c1ccccc1. The van der Waals surface area contributed by atoms with Gasteiger partial charge in [0.05, 0.1) is 0 Å². The summed E-state index contributed by atoms with van der Waals surface area (Å²) in [5.41, 5.74) is 0. The zero-order valence-corrected chi connectivity index (χ0v) is 12.2. The summed E-state index contributed by atoms with van der Waals surface area (Å²) in [5.74, 6) is 0. The predicted octanol–water partition coefficient (Wildman–Crippen LogP) is 3.86. The fourth-order valence-electron chi connectivity index (χ4n) is 1.97. The standard InChI is InChI=1S/C16H18P.Ni/c1-2-3-14-17(15-10-6-4-7-11-15)16-12-8-5-9-13-16;/h4-13H,1-3,14H2;. The molecular weight excluding hydrogens is 282 g/mol. The van der Waals surface area contributed by atoms with Crippen molar-refractivity contribution in [2.24, 2.45) is 0 Å². The molecule has 2 aromatic rings. The molecule has 0 N–H and O–H groups in total. The second-order valence-electron chi connectivity index (χ2n) is 4.19. The topological polar surface area (TPSA) is 0 Å². The van der Waals surface area contributed by atoms with E-state index in [0.717, 1.165) is 5.39 Å². The summed E-state index contributed by atoms with van der Waals surface area (Å²) < 4.78 is 0. The summed E-state index contributed by atoms with van der Waals surface area (Å²) in [6, 6.07) is 21.8. The Morgan fingerprint density at radius 3 is 1.67 bits per heavy atom. The first-order valence-corrected chi connectivity index (χ1v) is 8.53. The molecule has 97 valence electrons. The molecule has 0 unspecified atom stereocenters. The van der Waals surface area contributed by atoms with Crippen molar-refractivity contribution < 1.29 is 15.5 Å². The summed E-state index contributed by atoms with van der Waals surface area (Å²) in [5, 5.41) is 3.88. The van der Waals surface area contributed by atoms with E-state index in [1.807, 2.05) is 0 Å². The van der Waals surface area contributed by atoms with Crippen LogP contribution in [0.1, 0.15) is 12.8 Å². The van der Waals surface area contributed by atoms with Gasteiger partial charge in [-0.25, -0.2) is 0 Å². The van der Waals surface area contributed by atoms with Crippen LogP contribution in [0.4, 0.5) is 0 Å². The predicted molar refractivity (Wildman–Crippen MR) is 78.0 cm³/mol. The molecule has 0 nitrogen and oxygen atoms in total. The Balaban J connectivity index is 2.18. The average Bonchev–Trinajstić information content (AvgIpc) is 2.46. The Bertz CT molecular complexity index is 402. The first-order valence-electron chi connectivity index (χ1n) is 6.31. The van der Waals surface area contributed by atoms with Gasteiger partial charge in [0.2, 0.25) is 0 Å². The molecule has 0 radical (unpaired) electrons. The molecule has 0 atom stereocenters. The zero-order chi connectivity index (χ0) is 12.6. The van der Waals surface area contributed by atoms with Crippen molar-refractivity contribution in [3.8, 4) is 0 Å². The number of rotatable bonds is 6. The van der Waals surface area contributed by atoms with Crippen molar-refractivity contribution in [2.75, 3.05) is 6.16 Å². The number of benzene rings is 2. The van der Waals surface area contributed by atoms with E-state index in [-0.39, 0.29) is 7.92 Å². The Kier molecular flexibility index (Phi) is 5.92. The molecule has 0 aliphatic rings. The third-order valence-electron chi connectivity index (χ3n) is 2.88. The van der Waals surface area contributed by atoms with Crippen LogP contribution in [-0.4, -0.2) is 6.16 Å². The molecule has 2 heteroatoms. The van der Waals surface area contributed by atoms with Crippen LogP contribution in [0.25, 0.3) is 0 Å². The molecule has 0 aliphatic heterocycles.